The SMILES string of the molecule is CCCCCN1CCCc2ccc(CC)cc21. The van der Waals surface area contributed by atoms with E-state index in [1.807, 2.05) is 0 Å². The van der Waals surface area contributed by atoms with E-state index in [1.165, 1.54) is 56.4 Å². The van der Waals surface area contributed by atoms with Crippen LogP contribution in [0.15, 0.2) is 18.2 Å². The number of anilines is 1. The number of rotatable bonds is 5. The van der Waals surface area contributed by atoms with E-state index < -0.39 is 0 Å². The van der Waals surface area contributed by atoms with E-state index >= 15 is 0 Å². The smallest absolute Gasteiger partial charge is 0.0401 e. The van der Waals surface area contributed by atoms with Gasteiger partial charge < -0.3 is 4.90 Å². The van der Waals surface area contributed by atoms with Crippen molar-refractivity contribution in [2.75, 3.05) is 18.0 Å². The summed E-state index contributed by atoms with van der Waals surface area (Å²) in [5, 5.41) is 0. The average Bonchev–Trinajstić information content (AvgIpc) is 2.39. The van der Waals surface area contributed by atoms with Crippen molar-refractivity contribution < 1.29 is 0 Å². The Balaban J connectivity index is 2.11. The first kappa shape index (κ1) is 12.5. The van der Waals surface area contributed by atoms with Crippen molar-refractivity contribution in [3.05, 3.63) is 29.3 Å². The number of fused-ring (bicyclic) bond motifs is 1. The summed E-state index contributed by atoms with van der Waals surface area (Å²) in [7, 11) is 0. The molecule has 0 fully saturated rings. The largest absolute Gasteiger partial charge is 0.371 e. The van der Waals surface area contributed by atoms with E-state index in [0.717, 1.165) is 6.42 Å². The quantitative estimate of drug-likeness (QED) is 0.687. The summed E-state index contributed by atoms with van der Waals surface area (Å²) in [5.41, 5.74) is 4.56. The number of benzene rings is 1. The van der Waals surface area contributed by atoms with Gasteiger partial charge in [-0.25, -0.2) is 0 Å². The van der Waals surface area contributed by atoms with Crippen LogP contribution in [0, 0.1) is 0 Å². The van der Waals surface area contributed by atoms with E-state index in [0.29, 0.717) is 0 Å². The first-order valence-corrected chi connectivity index (χ1v) is 7.22. The first-order valence-electron chi connectivity index (χ1n) is 7.22. The fourth-order valence-electron chi connectivity index (χ4n) is 2.70. The lowest BCUT2D eigenvalue weighted by molar-refractivity contribution is 0.637. The van der Waals surface area contributed by atoms with Crippen molar-refractivity contribution in [1.82, 2.24) is 0 Å². The van der Waals surface area contributed by atoms with Crippen molar-refractivity contribution >= 4 is 5.69 Å². The maximum absolute atomic E-state index is 2.60. The summed E-state index contributed by atoms with van der Waals surface area (Å²) in [5.74, 6) is 0. The zero-order valence-electron chi connectivity index (χ0n) is 11.3. The fraction of sp³-hybridized carbons (Fsp3) is 0.625. The van der Waals surface area contributed by atoms with E-state index in [4.69, 9.17) is 0 Å². The second kappa shape index (κ2) is 6.09. The predicted molar refractivity (Wildman–Crippen MR) is 75.9 cm³/mol. The first-order chi connectivity index (χ1) is 8.35. The van der Waals surface area contributed by atoms with Gasteiger partial charge in [-0.1, -0.05) is 38.8 Å². The van der Waals surface area contributed by atoms with Crippen LogP contribution in [-0.2, 0) is 12.8 Å². The predicted octanol–water partition coefficient (Wildman–Crippen LogP) is 4.19. The average molecular weight is 231 g/mol. The lowest BCUT2D eigenvalue weighted by Crippen LogP contribution is -2.30. The molecule has 94 valence electrons. The van der Waals surface area contributed by atoms with Crippen LogP contribution in [0.2, 0.25) is 0 Å². The molecule has 0 aliphatic carbocycles. The van der Waals surface area contributed by atoms with Crippen molar-refractivity contribution in [2.45, 2.75) is 52.4 Å². The second-order valence-electron chi connectivity index (χ2n) is 5.11. The minimum absolute atomic E-state index is 1.15. The molecule has 17 heavy (non-hydrogen) atoms. The van der Waals surface area contributed by atoms with Crippen LogP contribution in [0.1, 0.15) is 50.7 Å². The normalized spacial score (nSPS) is 14.8. The Hall–Kier alpha value is -0.980. The summed E-state index contributed by atoms with van der Waals surface area (Å²) < 4.78 is 0. The van der Waals surface area contributed by atoms with Gasteiger partial charge in [-0.15, -0.1) is 0 Å². The van der Waals surface area contributed by atoms with Crippen LogP contribution < -0.4 is 4.90 Å². The van der Waals surface area contributed by atoms with E-state index in [9.17, 15) is 0 Å². The molecule has 0 bridgehead atoms. The molecule has 0 atom stereocenters. The minimum Gasteiger partial charge on any atom is -0.371 e. The minimum atomic E-state index is 1.15. The second-order valence-corrected chi connectivity index (χ2v) is 5.11. The molecule has 1 aromatic rings. The van der Waals surface area contributed by atoms with Crippen molar-refractivity contribution in [2.24, 2.45) is 0 Å². The monoisotopic (exact) mass is 231 g/mol. The maximum Gasteiger partial charge on any atom is 0.0401 e. The van der Waals surface area contributed by atoms with Crippen molar-refractivity contribution in [3.8, 4) is 0 Å². The third kappa shape index (κ3) is 3.02. The van der Waals surface area contributed by atoms with Crippen LogP contribution >= 0.6 is 0 Å². The Labute approximate surface area is 106 Å². The number of unbranched alkanes of at least 4 members (excludes halogenated alkanes) is 2. The van der Waals surface area contributed by atoms with Gasteiger partial charge in [-0.2, -0.15) is 0 Å². The molecule has 0 unspecified atom stereocenters. The Morgan fingerprint density at radius 3 is 2.82 bits per heavy atom. The number of aryl methyl sites for hydroxylation is 2. The van der Waals surface area contributed by atoms with Gasteiger partial charge in [0.05, 0.1) is 0 Å². The Bertz CT molecular complexity index is 357. The molecular weight excluding hydrogens is 206 g/mol. The van der Waals surface area contributed by atoms with Gasteiger partial charge in [0.15, 0.2) is 0 Å². The van der Waals surface area contributed by atoms with E-state index in [-0.39, 0.29) is 0 Å². The topological polar surface area (TPSA) is 3.24 Å². The van der Waals surface area contributed by atoms with E-state index in [1.54, 1.807) is 5.56 Å². The van der Waals surface area contributed by atoms with Gasteiger partial charge in [-0.3, -0.25) is 0 Å². The molecule has 1 heteroatoms. The lowest BCUT2D eigenvalue weighted by atomic mass is 9.98. The molecule has 0 saturated heterocycles. The third-order valence-corrected chi connectivity index (χ3v) is 3.80. The number of nitrogens with zero attached hydrogens (tertiary/aromatic N) is 1. The van der Waals surface area contributed by atoms with Gasteiger partial charge >= 0.3 is 0 Å². The van der Waals surface area contributed by atoms with Crippen molar-refractivity contribution in [3.63, 3.8) is 0 Å². The maximum atomic E-state index is 2.60. The Morgan fingerprint density at radius 2 is 2.06 bits per heavy atom. The summed E-state index contributed by atoms with van der Waals surface area (Å²) in [6, 6.07) is 7.06. The molecule has 0 spiro atoms. The Morgan fingerprint density at radius 1 is 1.18 bits per heavy atom. The van der Waals surface area contributed by atoms with Gasteiger partial charge in [-0.05, 0) is 42.9 Å². The highest BCUT2D eigenvalue weighted by molar-refractivity contribution is 5.57. The zero-order valence-corrected chi connectivity index (χ0v) is 11.3. The molecule has 0 N–H and O–H groups in total. The molecule has 1 aliphatic rings. The summed E-state index contributed by atoms with van der Waals surface area (Å²) in [6.07, 6.45) is 7.76. The number of hydrogen-bond donors (Lipinski definition) is 0. The fourth-order valence-corrected chi connectivity index (χ4v) is 2.70. The molecule has 1 aromatic carbocycles. The molecule has 1 nitrogen and oxygen atoms in total. The zero-order chi connectivity index (χ0) is 12.1. The van der Waals surface area contributed by atoms with Crippen molar-refractivity contribution in [1.29, 1.82) is 0 Å². The van der Waals surface area contributed by atoms with Crippen LogP contribution in [-0.4, -0.2) is 13.1 Å². The highest BCUT2D eigenvalue weighted by Gasteiger charge is 2.16. The molecule has 0 amide bonds. The van der Waals surface area contributed by atoms with E-state index in [2.05, 4.69) is 36.9 Å². The van der Waals surface area contributed by atoms with Gasteiger partial charge in [0.1, 0.15) is 0 Å². The third-order valence-electron chi connectivity index (χ3n) is 3.80. The Kier molecular flexibility index (Phi) is 4.47. The molecular formula is C16H25N. The van der Waals surface area contributed by atoms with Crippen LogP contribution in [0.4, 0.5) is 5.69 Å². The van der Waals surface area contributed by atoms with Crippen LogP contribution in [0.5, 0.6) is 0 Å². The summed E-state index contributed by atoms with van der Waals surface area (Å²) in [4.78, 5) is 2.60. The highest BCUT2D eigenvalue weighted by atomic mass is 15.1. The molecule has 0 aromatic heterocycles. The molecule has 0 saturated carbocycles. The standard InChI is InChI=1S/C16H25N/c1-3-5-6-11-17-12-7-8-15-10-9-14(4-2)13-16(15)17/h9-10,13H,3-8,11-12H2,1-2H3. The molecule has 1 heterocycles. The van der Waals surface area contributed by atoms with Gasteiger partial charge in [0.25, 0.3) is 0 Å². The van der Waals surface area contributed by atoms with Gasteiger partial charge in [0, 0.05) is 18.8 Å². The highest BCUT2D eigenvalue weighted by Crippen LogP contribution is 2.28. The summed E-state index contributed by atoms with van der Waals surface area (Å²) >= 11 is 0. The molecule has 0 radical (unpaired) electrons. The molecule has 2 rings (SSSR count). The van der Waals surface area contributed by atoms with Crippen LogP contribution in [0.25, 0.3) is 0 Å². The lowest BCUT2D eigenvalue weighted by Gasteiger charge is -2.32. The molecule has 1 aliphatic heterocycles. The van der Waals surface area contributed by atoms with Crippen LogP contribution in [0.3, 0.4) is 0 Å². The van der Waals surface area contributed by atoms with Gasteiger partial charge in [0.2, 0.25) is 0 Å². The summed E-state index contributed by atoms with van der Waals surface area (Å²) in [6.45, 7) is 7.02. The number of hydrogen-bond acceptors (Lipinski definition) is 1.